The van der Waals surface area contributed by atoms with Gasteiger partial charge in [-0.25, -0.2) is 0 Å². The average Bonchev–Trinajstić information content (AvgIpc) is 2.34. The van der Waals surface area contributed by atoms with Crippen LogP contribution in [0.25, 0.3) is 0 Å². The lowest BCUT2D eigenvalue weighted by molar-refractivity contribution is 0.102. The van der Waals surface area contributed by atoms with Crippen LogP contribution in [0, 0.1) is 0 Å². The van der Waals surface area contributed by atoms with Crippen molar-refractivity contribution in [2.75, 3.05) is 19.8 Å². The first-order valence-electron chi connectivity index (χ1n) is 5.86. The molecular formula is C14H21NO2. The number of hydrogen-bond donors (Lipinski definition) is 1. The summed E-state index contributed by atoms with van der Waals surface area (Å²) in [7, 11) is 0. The van der Waals surface area contributed by atoms with Crippen LogP contribution in [-0.2, 0) is 11.3 Å². The Morgan fingerprint density at radius 2 is 1.88 bits per heavy atom. The predicted octanol–water partition coefficient (Wildman–Crippen LogP) is 2.51. The third-order valence-electron chi connectivity index (χ3n) is 2.33. The van der Waals surface area contributed by atoms with Gasteiger partial charge in [-0.1, -0.05) is 17.7 Å². The molecule has 0 aliphatic carbocycles. The summed E-state index contributed by atoms with van der Waals surface area (Å²) in [6, 6.07) is 7.79. The Morgan fingerprint density at radius 1 is 1.18 bits per heavy atom. The molecule has 0 amide bonds. The van der Waals surface area contributed by atoms with Gasteiger partial charge in [-0.2, -0.15) is 0 Å². The Kier molecular flexibility index (Phi) is 6.37. The molecule has 1 aromatic carbocycles. The van der Waals surface area contributed by atoms with E-state index in [9.17, 15) is 0 Å². The minimum atomic E-state index is 0.560. The number of benzene rings is 1. The normalized spacial score (nSPS) is 10.2. The van der Waals surface area contributed by atoms with Crippen LogP contribution in [0.15, 0.2) is 36.4 Å². The number of hydrogen-bond acceptors (Lipinski definition) is 3. The number of rotatable bonds is 8. The topological polar surface area (TPSA) is 44.5 Å². The maximum atomic E-state index is 5.52. The fraction of sp³-hybridized carbons (Fsp3) is 0.429. The molecule has 94 valence electrons. The summed E-state index contributed by atoms with van der Waals surface area (Å²) in [5, 5.41) is 0. The fourth-order valence-electron chi connectivity index (χ4n) is 1.29. The van der Waals surface area contributed by atoms with Crippen molar-refractivity contribution < 1.29 is 9.47 Å². The predicted molar refractivity (Wildman–Crippen MR) is 70.1 cm³/mol. The van der Waals surface area contributed by atoms with Crippen molar-refractivity contribution in [2.24, 2.45) is 5.73 Å². The molecule has 0 bridgehead atoms. The molecule has 0 heterocycles. The second-order valence-corrected chi connectivity index (χ2v) is 4.02. The zero-order chi connectivity index (χ0) is 12.5. The lowest BCUT2D eigenvalue weighted by atomic mass is 10.2. The third-order valence-corrected chi connectivity index (χ3v) is 2.33. The first kappa shape index (κ1) is 13.7. The van der Waals surface area contributed by atoms with E-state index in [1.165, 1.54) is 0 Å². The van der Waals surface area contributed by atoms with Crippen molar-refractivity contribution in [3.63, 3.8) is 0 Å². The lowest BCUT2D eigenvalue weighted by Crippen LogP contribution is -2.07. The van der Waals surface area contributed by atoms with Crippen LogP contribution in [0.2, 0.25) is 0 Å². The number of ether oxygens (including phenoxy) is 2. The minimum Gasteiger partial charge on any atom is -0.491 e. The molecule has 1 aromatic rings. The quantitative estimate of drug-likeness (QED) is 0.556. The van der Waals surface area contributed by atoms with Crippen LogP contribution in [0.5, 0.6) is 5.75 Å². The molecule has 0 unspecified atom stereocenters. The van der Waals surface area contributed by atoms with E-state index in [-0.39, 0.29) is 0 Å². The van der Waals surface area contributed by atoms with Gasteiger partial charge in [0.2, 0.25) is 0 Å². The van der Waals surface area contributed by atoms with Crippen LogP contribution < -0.4 is 10.5 Å². The van der Waals surface area contributed by atoms with Gasteiger partial charge < -0.3 is 15.2 Å². The molecule has 0 aliphatic heterocycles. The zero-order valence-electron chi connectivity index (χ0n) is 10.4. The van der Waals surface area contributed by atoms with E-state index in [0.29, 0.717) is 26.4 Å². The molecule has 0 saturated carbocycles. The van der Waals surface area contributed by atoms with E-state index in [2.05, 4.69) is 6.58 Å². The van der Waals surface area contributed by atoms with Gasteiger partial charge in [-0.3, -0.25) is 0 Å². The van der Waals surface area contributed by atoms with E-state index >= 15 is 0 Å². The van der Waals surface area contributed by atoms with Crippen LogP contribution in [0.1, 0.15) is 18.9 Å². The van der Waals surface area contributed by atoms with Gasteiger partial charge in [0.25, 0.3) is 0 Å². The van der Waals surface area contributed by atoms with Gasteiger partial charge in [0.1, 0.15) is 12.4 Å². The highest BCUT2D eigenvalue weighted by Gasteiger charge is 1.95. The van der Waals surface area contributed by atoms with Crippen LogP contribution in [0.4, 0.5) is 0 Å². The van der Waals surface area contributed by atoms with Gasteiger partial charge in [0.15, 0.2) is 0 Å². The molecule has 17 heavy (non-hydrogen) atoms. The Labute approximate surface area is 103 Å². The molecule has 1 rings (SSSR count). The highest BCUT2D eigenvalue weighted by Crippen LogP contribution is 2.11. The van der Waals surface area contributed by atoms with Gasteiger partial charge in [-0.15, -0.1) is 6.58 Å². The summed E-state index contributed by atoms with van der Waals surface area (Å²) in [6.45, 7) is 8.26. The fourth-order valence-corrected chi connectivity index (χ4v) is 1.29. The standard InChI is InChI=1S/C14H21NO2/c1-12(2)7-8-16-9-10-17-14-5-3-13(11-15)4-6-14/h3-6H,1,7-11,15H2,2H3. The molecule has 0 spiro atoms. The summed E-state index contributed by atoms with van der Waals surface area (Å²) in [5.41, 5.74) is 7.76. The monoisotopic (exact) mass is 235 g/mol. The van der Waals surface area contributed by atoms with Gasteiger partial charge in [-0.05, 0) is 31.0 Å². The van der Waals surface area contributed by atoms with E-state index in [1.54, 1.807) is 0 Å². The molecule has 0 saturated heterocycles. The summed E-state index contributed by atoms with van der Waals surface area (Å²) in [4.78, 5) is 0. The Bertz CT molecular complexity index is 333. The SMILES string of the molecule is C=C(C)CCOCCOc1ccc(CN)cc1. The van der Waals surface area contributed by atoms with Crippen molar-refractivity contribution in [1.82, 2.24) is 0 Å². The minimum absolute atomic E-state index is 0.560. The maximum Gasteiger partial charge on any atom is 0.119 e. The second kappa shape index (κ2) is 7.87. The largest absolute Gasteiger partial charge is 0.491 e. The third kappa shape index (κ3) is 6.09. The van der Waals surface area contributed by atoms with Gasteiger partial charge in [0, 0.05) is 6.54 Å². The summed E-state index contributed by atoms with van der Waals surface area (Å²) >= 11 is 0. The highest BCUT2D eigenvalue weighted by molar-refractivity contribution is 5.26. The summed E-state index contributed by atoms with van der Waals surface area (Å²) in [5.74, 6) is 0.853. The Morgan fingerprint density at radius 3 is 2.47 bits per heavy atom. The summed E-state index contributed by atoms with van der Waals surface area (Å²) < 4.78 is 10.9. The van der Waals surface area contributed by atoms with E-state index in [1.807, 2.05) is 31.2 Å². The Hall–Kier alpha value is -1.32. The van der Waals surface area contributed by atoms with Gasteiger partial charge >= 0.3 is 0 Å². The molecule has 3 nitrogen and oxygen atoms in total. The zero-order valence-corrected chi connectivity index (χ0v) is 10.4. The molecule has 0 fully saturated rings. The molecular weight excluding hydrogens is 214 g/mol. The smallest absolute Gasteiger partial charge is 0.119 e. The molecule has 0 aromatic heterocycles. The highest BCUT2D eigenvalue weighted by atomic mass is 16.5. The van der Waals surface area contributed by atoms with E-state index < -0.39 is 0 Å². The molecule has 0 aliphatic rings. The first-order valence-corrected chi connectivity index (χ1v) is 5.86. The lowest BCUT2D eigenvalue weighted by Gasteiger charge is -2.07. The van der Waals surface area contributed by atoms with Crippen molar-refractivity contribution >= 4 is 0 Å². The van der Waals surface area contributed by atoms with Gasteiger partial charge in [0.05, 0.1) is 13.2 Å². The van der Waals surface area contributed by atoms with Crippen LogP contribution >= 0.6 is 0 Å². The van der Waals surface area contributed by atoms with Crippen molar-refractivity contribution in [3.8, 4) is 5.75 Å². The van der Waals surface area contributed by atoms with Crippen LogP contribution in [0.3, 0.4) is 0 Å². The van der Waals surface area contributed by atoms with E-state index in [0.717, 1.165) is 23.3 Å². The van der Waals surface area contributed by atoms with Crippen molar-refractivity contribution in [1.29, 1.82) is 0 Å². The van der Waals surface area contributed by atoms with Crippen LogP contribution in [-0.4, -0.2) is 19.8 Å². The summed E-state index contributed by atoms with van der Waals surface area (Å²) in [6.07, 6.45) is 0.908. The Balaban J connectivity index is 2.11. The first-order chi connectivity index (χ1) is 8.22. The van der Waals surface area contributed by atoms with Crippen molar-refractivity contribution in [2.45, 2.75) is 19.9 Å². The molecule has 3 heteroatoms. The van der Waals surface area contributed by atoms with Crippen molar-refractivity contribution in [3.05, 3.63) is 42.0 Å². The second-order valence-electron chi connectivity index (χ2n) is 4.02. The van der Waals surface area contributed by atoms with E-state index in [4.69, 9.17) is 15.2 Å². The maximum absolute atomic E-state index is 5.52. The molecule has 0 atom stereocenters. The molecule has 0 radical (unpaired) electrons. The average molecular weight is 235 g/mol. The molecule has 2 N–H and O–H groups in total. The number of nitrogens with two attached hydrogens (primary N) is 1.